The van der Waals surface area contributed by atoms with Crippen molar-refractivity contribution in [1.82, 2.24) is 9.97 Å². The van der Waals surface area contributed by atoms with Crippen LogP contribution in [0.2, 0.25) is 0 Å². The van der Waals surface area contributed by atoms with Gasteiger partial charge in [-0.05, 0) is 114 Å². The topological polar surface area (TPSA) is 25.8 Å². The predicted octanol–water partition coefficient (Wildman–Crippen LogP) is 15.1. The van der Waals surface area contributed by atoms with E-state index in [0.717, 1.165) is 39.2 Å². The van der Waals surface area contributed by atoms with Crippen LogP contribution in [0.4, 0.5) is 0 Å². The third kappa shape index (κ3) is 6.04. The first-order valence-electron chi connectivity index (χ1n) is 20.4. The lowest BCUT2D eigenvalue weighted by molar-refractivity contribution is 0.661. The van der Waals surface area contributed by atoms with E-state index in [4.69, 9.17) is 9.97 Å². The molecule has 0 N–H and O–H groups in total. The molecule has 0 aliphatic heterocycles. The Morgan fingerprint density at radius 2 is 0.847 bits per heavy atom. The molecular formula is C57H40N2. The van der Waals surface area contributed by atoms with Crippen LogP contribution < -0.4 is 0 Å². The molecule has 0 unspecified atom stereocenters. The quantitative estimate of drug-likeness (QED) is 0.169. The molecule has 0 radical (unpaired) electrons. The van der Waals surface area contributed by atoms with Crippen molar-refractivity contribution in [2.24, 2.45) is 0 Å². The Morgan fingerprint density at radius 1 is 0.322 bits per heavy atom. The minimum atomic E-state index is -0.150. The molecule has 1 aromatic heterocycles. The molecule has 1 heterocycles. The van der Waals surface area contributed by atoms with Crippen molar-refractivity contribution in [3.05, 3.63) is 217 Å². The summed E-state index contributed by atoms with van der Waals surface area (Å²) in [5, 5.41) is 4.97. The number of nitrogens with zero attached hydrogens (tertiary/aromatic N) is 2. The molecule has 10 aromatic rings. The highest BCUT2D eigenvalue weighted by Gasteiger charge is 2.37. The maximum absolute atomic E-state index is 5.35. The highest BCUT2D eigenvalue weighted by Crippen LogP contribution is 2.53. The van der Waals surface area contributed by atoms with Crippen LogP contribution in [0.3, 0.4) is 0 Å². The number of aromatic nitrogens is 2. The summed E-state index contributed by atoms with van der Waals surface area (Å²) in [6.45, 7) is 4.74. The highest BCUT2D eigenvalue weighted by atomic mass is 14.9. The summed E-state index contributed by atoms with van der Waals surface area (Å²) in [5.41, 5.74) is 17.1. The van der Waals surface area contributed by atoms with Gasteiger partial charge in [0.05, 0.1) is 11.4 Å². The third-order valence-electron chi connectivity index (χ3n) is 12.3. The Morgan fingerprint density at radius 3 is 1.59 bits per heavy atom. The minimum absolute atomic E-state index is 0.150. The van der Waals surface area contributed by atoms with Gasteiger partial charge >= 0.3 is 0 Å². The zero-order valence-corrected chi connectivity index (χ0v) is 33.0. The van der Waals surface area contributed by atoms with E-state index in [1.807, 2.05) is 6.07 Å². The Labute approximate surface area is 345 Å². The zero-order valence-electron chi connectivity index (χ0n) is 33.0. The maximum Gasteiger partial charge on any atom is 0.160 e. The highest BCUT2D eigenvalue weighted by molar-refractivity contribution is 6.01. The summed E-state index contributed by atoms with van der Waals surface area (Å²) >= 11 is 0. The normalized spacial score (nSPS) is 12.7. The summed E-state index contributed by atoms with van der Waals surface area (Å²) in [6, 6.07) is 74.5. The molecule has 59 heavy (non-hydrogen) atoms. The first-order chi connectivity index (χ1) is 29.0. The summed E-state index contributed by atoms with van der Waals surface area (Å²) in [6.07, 6.45) is 0. The molecule has 0 spiro atoms. The van der Waals surface area contributed by atoms with Crippen LogP contribution in [0.1, 0.15) is 25.0 Å². The lowest BCUT2D eigenvalue weighted by Gasteiger charge is -2.22. The second-order valence-corrected chi connectivity index (χ2v) is 16.2. The van der Waals surface area contributed by atoms with E-state index in [9.17, 15) is 0 Å². The third-order valence-corrected chi connectivity index (χ3v) is 12.3. The number of rotatable bonds is 6. The summed E-state index contributed by atoms with van der Waals surface area (Å²) in [5.74, 6) is 0.700. The molecule has 278 valence electrons. The molecule has 2 heteroatoms. The number of fused-ring (bicyclic) bond motifs is 5. The van der Waals surface area contributed by atoms with Crippen LogP contribution in [0, 0.1) is 0 Å². The van der Waals surface area contributed by atoms with Gasteiger partial charge in [-0.1, -0.05) is 184 Å². The van der Waals surface area contributed by atoms with Crippen LogP contribution in [-0.4, -0.2) is 9.97 Å². The SMILES string of the molecule is CC1(C)c2cc3ccccc3cc2-c2c(-c3cc(-c4cc(-c5ccc(-c6ccccc6)cc5)nc(-c5ccccc5)n4)cc(-c4cccc5ccccc45)c3)cccc21. The minimum Gasteiger partial charge on any atom is -0.228 e. The van der Waals surface area contributed by atoms with E-state index in [0.29, 0.717) is 5.82 Å². The van der Waals surface area contributed by atoms with Crippen LogP contribution in [0.15, 0.2) is 206 Å². The Balaban J connectivity index is 1.15. The molecule has 2 nitrogen and oxygen atoms in total. The first kappa shape index (κ1) is 34.8. The zero-order chi connectivity index (χ0) is 39.5. The molecule has 9 aromatic carbocycles. The van der Waals surface area contributed by atoms with Gasteiger partial charge in [0.2, 0.25) is 0 Å². The van der Waals surface area contributed by atoms with E-state index in [-0.39, 0.29) is 5.41 Å². The van der Waals surface area contributed by atoms with E-state index < -0.39 is 0 Å². The fourth-order valence-electron chi connectivity index (χ4n) is 9.20. The van der Waals surface area contributed by atoms with Gasteiger partial charge in [0, 0.05) is 22.1 Å². The van der Waals surface area contributed by atoms with Gasteiger partial charge in [-0.2, -0.15) is 0 Å². The van der Waals surface area contributed by atoms with Crippen molar-refractivity contribution in [2.75, 3.05) is 0 Å². The molecule has 0 amide bonds. The predicted molar refractivity (Wildman–Crippen MR) is 247 cm³/mol. The molecule has 0 saturated carbocycles. The van der Waals surface area contributed by atoms with Gasteiger partial charge in [0.25, 0.3) is 0 Å². The Kier molecular flexibility index (Phi) is 8.20. The molecular weight excluding hydrogens is 713 g/mol. The average Bonchev–Trinajstić information content (AvgIpc) is 3.53. The average molecular weight is 753 g/mol. The lowest BCUT2D eigenvalue weighted by Crippen LogP contribution is -2.14. The first-order valence-corrected chi connectivity index (χ1v) is 20.4. The van der Waals surface area contributed by atoms with Crippen molar-refractivity contribution >= 4 is 21.5 Å². The smallest absolute Gasteiger partial charge is 0.160 e. The van der Waals surface area contributed by atoms with Gasteiger partial charge in [-0.25, -0.2) is 9.97 Å². The van der Waals surface area contributed by atoms with Crippen LogP contribution in [0.5, 0.6) is 0 Å². The standard InChI is InChI=1S/C57H40N2/c1-57(2)51-26-14-25-49(55(51)50-34-42-20-9-10-21-43(42)35-52(50)57)45-31-44(48-24-13-22-39-17-11-12-23-47(39)48)32-46(33-45)54-36-53(58-56(59-54)41-18-7-4-8-19-41)40-29-27-38(28-30-40)37-15-5-3-6-16-37/h3-36H,1-2H3. The largest absolute Gasteiger partial charge is 0.228 e. The molecule has 0 bridgehead atoms. The Bertz CT molecular complexity index is 3210. The molecule has 1 aliphatic carbocycles. The number of hydrogen-bond acceptors (Lipinski definition) is 2. The van der Waals surface area contributed by atoms with Gasteiger partial charge in [0.1, 0.15) is 0 Å². The van der Waals surface area contributed by atoms with E-state index in [1.54, 1.807) is 0 Å². The van der Waals surface area contributed by atoms with Gasteiger partial charge < -0.3 is 0 Å². The van der Waals surface area contributed by atoms with E-state index in [1.165, 1.54) is 66.1 Å². The van der Waals surface area contributed by atoms with Crippen molar-refractivity contribution in [1.29, 1.82) is 0 Å². The summed E-state index contributed by atoms with van der Waals surface area (Å²) < 4.78 is 0. The number of benzene rings is 9. The van der Waals surface area contributed by atoms with Gasteiger partial charge in [-0.15, -0.1) is 0 Å². The molecule has 1 aliphatic rings. The van der Waals surface area contributed by atoms with Crippen molar-refractivity contribution in [3.63, 3.8) is 0 Å². The van der Waals surface area contributed by atoms with Gasteiger partial charge in [-0.3, -0.25) is 0 Å². The molecule has 11 rings (SSSR count). The lowest BCUT2D eigenvalue weighted by atomic mass is 9.81. The fraction of sp³-hybridized carbons (Fsp3) is 0.0526. The van der Waals surface area contributed by atoms with Crippen LogP contribution in [0.25, 0.3) is 100.0 Å². The second kappa shape index (κ2) is 13.9. The monoisotopic (exact) mass is 752 g/mol. The van der Waals surface area contributed by atoms with E-state index in [2.05, 4.69) is 214 Å². The summed E-state index contributed by atoms with van der Waals surface area (Å²) in [4.78, 5) is 10.6. The summed E-state index contributed by atoms with van der Waals surface area (Å²) in [7, 11) is 0. The van der Waals surface area contributed by atoms with Crippen molar-refractivity contribution < 1.29 is 0 Å². The Hall–Kier alpha value is -7.42. The number of hydrogen-bond donors (Lipinski definition) is 0. The van der Waals surface area contributed by atoms with Gasteiger partial charge in [0.15, 0.2) is 5.82 Å². The van der Waals surface area contributed by atoms with Crippen LogP contribution in [-0.2, 0) is 5.41 Å². The molecule has 0 saturated heterocycles. The maximum atomic E-state index is 5.35. The molecule has 0 fully saturated rings. The molecule has 0 atom stereocenters. The van der Waals surface area contributed by atoms with Crippen LogP contribution >= 0.6 is 0 Å². The van der Waals surface area contributed by atoms with E-state index >= 15 is 0 Å². The van der Waals surface area contributed by atoms with Crippen molar-refractivity contribution in [2.45, 2.75) is 19.3 Å². The second-order valence-electron chi connectivity index (χ2n) is 16.2. The van der Waals surface area contributed by atoms with Crippen molar-refractivity contribution in [3.8, 4) is 78.4 Å². The fourth-order valence-corrected chi connectivity index (χ4v) is 9.20.